The molecule has 0 unspecified atom stereocenters. The fourth-order valence-electron chi connectivity index (χ4n) is 2.64. The van der Waals surface area contributed by atoms with Crippen LogP contribution >= 0.6 is 11.8 Å². The summed E-state index contributed by atoms with van der Waals surface area (Å²) in [5, 5.41) is 8.13. The second-order valence-electron chi connectivity index (χ2n) is 4.49. The molecule has 0 aromatic carbocycles. The van der Waals surface area contributed by atoms with Crippen LogP contribution in [-0.4, -0.2) is 22.9 Å². The summed E-state index contributed by atoms with van der Waals surface area (Å²) in [6, 6.07) is 0.592. The molecule has 0 atom stereocenters. The molecule has 3 rings (SSSR count). The predicted octanol–water partition coefficient (Wildman–Crippen LogP) is 1.01. The van der Waals surface area contributed by atoms with Crippen LogP contribution in [0, 0.1) is 0 Å². The summed E-state index contributed by atoms with van der Waals surface area (Å²) in [6.45, 7) is 2.82. The number of nitrogens with zero attached hydrogens (tertiary/aromatic N) is 2. The molecular weight excluding hydrogens is 220 g/mol. The van der Waals surface area contributed by atoms with Gasteiger partial charge in [0.15, 0.2) is 0 Å². The molecular formula is C11H18N4S. The number of hydrogen-bond donors (Lipinski definition) is 2. The minimum absolute atomic E-state index is 0.584. The zero-order valence-corrected chi connectivity index (χ0v) is 10.2. The van der Waals surface area contributed by atoms with Gasteiger partial charge in [0, 0.05) is 23.6 Å². The van der Waals surface area contributed by atoms with E-state index in [1.54, 1.807) is 0 Å². The Morgan fingerprint density at radius 3 is 2.94 bits per heavy atom. The highest BCUT2D eigenvalue weighted by Crippen LogP contribution is 2.35. The van der Waals surface area contributed by atoms with Crippen molar-refractivity contribution in [2.75, 3.05) is 13.1 Å². The minimum Gasteiger partial charge on any atom is -0.325 e. The van der Waals surface area contributed by atoms with Gasteiger partial charge in [0.1, 0.15) is 0 Å². The fraction of sp³-hybridized carbons (Fsp3) is 0.727. The van der Waals surface area contributed by atoms with Crippen molar-refractivity contribution in [3.05, 3.63) is 17.0 Å². The molecule has 0 bridgehead atoms. The summed E-state index contributed by atoms with van der Waals surface area (Å²) in [5.74, 6) is 2.22. The highest BCUT2D eigenvalue weighted by molar-refractivity contribution is 7.98. The topological polar surface area (TPSA) is 55.9 Å². The molecule has 5 heteroatoms. The smallest absolute Gasteiger partial charge is 0.0804 e. The van der Waals surface area contributed by atoms with Crippen LogP contribution in [0.4, 0.5) is 0 Å². The number of hydrogen-bond acceptors (Lipinski definition) is 4. The Kier molecular flexibility index (Phi) is 2.91. The number of aromatic nitrogens is 2. The summed E-state index contributed by atoms with van der Waals surface area (Å²) in [5.41, 5.74) is 9.76. The van der Waals surface area contributed by atoms with Crippen molar-refractivity contribution in [2.24, 2.45) is 5.73 Å². The van der Waals surface area contributed by atoms with Gasteiger partial charge in [-0.2, -0.15) is 16.9 Å². The molecule has 0 aliphatic carbocycles. The van der Waals surface area contributed by atoms with E-state index >= 15 is 0 Å². The lowest BCUT2D eigenvalue weighted by molar-refractivity contribution is 0.336. The SMILES string of the molecule is NCc1nn(C2CCNCC2)c2c1CSC2. The quantitative estimate of drug-likeness (QED) is 0.807. The molecule has 1 aromatic rings. The number of rotatable bonds is 2. The molecule has 1 aromatic heterocycles. The number of piperidine rings is 1. The van der Waals surface area contributed by atoms with Gasteiger partial charge in [-0.15, -0.1) is 0 Å². The van der Waals surface area contributed by atoms with Crippen molar-refractivity contribution >= 4 is 11.8 Å². The van der Waals surface area contributed by atoms with Crippen molar-refractivity contribution in [3.8, 4) is 0 Å². The first-order valence-electron chi connectivity index (χ1n) is 5.98. The number of nitrogens with two attached hydrogens (primary N) is 1. The van der Waals surface area contributed by atoms with E-state index in [1.165, 1.54) is 24.1 Å². The van der Waals surface area contributed by atoms with Crippen molar-refractivity contribution < 1.29 is 0 Å². The van der Waals surface area contributed by atoms with Gasteiger partial charge in [0.2, 0.25) is 0 Å². The van der Waals surface area contributed by atoms with Gasteiger partial charge in [-0.05, 0) is 25.9 Å². The van der Waals surface area contributed by atoms with Gasteiger partial charge in [-0.3, -0.25) is 4.68 Å². The maximum atomic E-state index is 5.77. The van der Waals surface area contributed by atoms with E-state index in [2.05, 4.69) is 10.00 Å². The van der Waals surface area contributed by atoms with Crippen molar-refractivity contribution in [1.82, 2.24) is 15.1 Å². The molecule has 16 heavy (non-hydrogen) atoms. The summed E-state index contributed by atoms with van der Waals surface area (Å²) in [7, 11) is 0. The second kappa shape index (κ2) is 4.39. The summed E-state index contributed by atoms with van der Waals surface area (Å²) >= 11 is 1.99. The summed E-state index contributed by atoms with van der Waals surface area (Å²) in [6.07, 6.45) is 2.39. The maximum absolute atomic E-state index is 5.77. The van der Waals surface area contributed by atoms with Crippen LogP contribution in [0.1, 0.15) is 35.8 Å². The zero-order valence-electron chi connectivity index (χ0n) is 9.41. The second-order valence-corrected chi connectivity index (χ2v) is 5.48. The predicted molar refractivity (Wildman–Crippen MR) is 66.3 cm³/mol. The van der Waals surface area contributed by atoms with Crippen LogP contribution in [-0.2, 0) is 18.1 Å². The lowest BCUT2D eigenvalue weighted by Crippen LogP contribution is -2.30. The monoisotopic (exact) mass is 238 g/mol. The minimum atomic E-state index is 0.584. The van der Waals surface area contributed by atoms with Gasteiger partial charge in [-0.1, -0.05) is 0 Å². The van der Waals surface area contributed by atoms with E-state index in [0.29, 0.717) is 12.6 Å². The fourth-order valence-corrected chi connectivity index (χ4v) is 3.78. The Labute approximate surface area is 100.0 Å². The third-order valence-electron chi connectivity index (χ3n) is 3.53. The number of thioether (sulfide) groups is 1. The van der Waals surface area contributed by atoms with Crippen LogP contribution < -0.4 is 11.1 Å². The van der Waals surface area contributed by atoms with E-state index in [-0.39, 0.29) is 0 Å². The molecule has 2 aliphatic rings. The van der Waals surface area contributed by atoms with E-state index in [4.69, 9.17) is 10.8 Å². The lowest BCUT2D eigenvalue weighted by atomic mass is 10.1. The van der Waals surface area contributed by atoms with Crippen molar-refractivity contribution in [2.45, 2.75) is 36.9 Å². The Morgan fingerprint density at radius 2 is 2.19 bits per heavy atom. The molecule has 0 radical (unpaired) electrons. The normalized spacial score (nSPS) is 21.3. The Balaban J connectivity index is 1.94. The summed E-state index contributed by atoms with van der Waals surface area (Å²) < 4.78 is 2.28. The Bertz CT molecular complexity index is 382. The summed E-state index contributed by atoms with van der Waals surface area (Å²) in [4.78, 5) is 0. The van der Waals surface area contributed by atoms with Crippen molar-refractivity contribution in [1.29, 1.82) is 0 Å². The molecule has 1 saturated heterocycles. The molecule has 0 spiro atoms. The van der Waals surface area contributed by atoms with Crippen LogP contribution in [0.15, 0.2) is 0 Å². The van der Waals surface area contributed by atoms with Crippen LogP contribution in [0.5, 0.6) is 0 Å². The first kappa shape index (κ1) is 10.6. The highest BCUT2D eigenvalue weighted by atomic mass is 32.2. The van der Waals surface area contributed by atoms with Crippen LogP contribution in [0.2, 0.25) is 0 Å². The van der Waals surface area contributed by atoms with Crippen LogP contribution in [0.3, 0.4) is 0 Å². The lowest BCUT2D eigenvalue weighted by Gasteiger charge is -2.24. The standard InChI is InChI=1S/C11H18N4S/c12-5-10-9-6-16-7-11(9)15(14-10)8-1-3-13-4-2-8/h8,13H,1-7,12H2. The third-order valence-corrected chi connectivity index (χ3v) is 4.51. The molecule has 3 heterocycles. The van der Waals surface area contributed by atoms with Gasteiger partial charge in [0.05, 0.1) is 17.4 Å². The molecule has 4 nitrogen and oxygen atoms in total. The molecule has 0 amide bonds. The third kappa shape index (κ3) is 1.67. The molecule has 1 fully saturated rings. The van der Waals surface area contributed by atoms with Gasteiger partial charge >= 0.3 is 0 Å². The number of nitrogens with one attached hydrogen (secondary N) is 1. The first-order valence-corrected chi connectivity index (χ1v) is 7.13. The van der Waals surface area contributed by atoms with Crippen LogP contribution in [0.25, 0.3) is 0 Å². The number of fused-ring (bicyclic) bond motifs is 1. The highest BCUT2D eigenvalue weighted by Gasteiger charge is 2.26. The van der Waals surface area contributed by atoms with E-state index in [1.807, 2.05) is 11.8 Å². The molecule has 3 N–H and O–H groups in total. The first-order chi connectivity index (χ1) is 7.90. The van der Waals surface area contributed by atoms with Crippen molar-refractivity contribution in [3.63, 3.8) is 0 Å². The maximum Gasteiger partial charge on any atom is 0.0804 e. The average Bonchev–Trinajstić information content (AvgIpc) is 2.91. The average molecular weight is 238 g/mol. The van der Waals surface area contributed by atoms with Gasteiger partial charge in [-0.25, -0.2) is 0 Å². The van der Waals surface area contributed by atoms with E-state index < -0.39 is 0 Å². The zero-order chi connectivity index (χ0) is 11.0. The molecule has 2 aliphatic heterocycles. The largest absolute Gasteiger partial charge is 0.325 e. The van der Waals surface area contributed by atoms with E-state index in [9.17, 15) is 0 Å². The Hall–Kier alpha value is -0.520. The molecule has 88 valence electrons. The van der Waals surface area contributed by atoms with Gasteiger partial charge in [0.25, 0.3) is 0 Å². The molecule has 0 saturated carbocycles. The Morgan fingerprint density at radius 1 is 1.38 bits per heavy atom. The van der Waals surface area contributed by atoms with E-state index in [0.717, 1.165) is 30.3 Å². The van der Waals surface area contributed by atoms with Gasteiger partial charge < -0.3 is 11.1 Å².